The molecule has 0 saturated heterocycles. The van der Waals surface area contributed by atoms with E-state index in [0.29, 0.717) is 19.5 Å². The highest BCUT2D eigenvalue weighted by molar-refractivity contribution is 5.65. The van der Waals surface area contributed by atoms with Gasteiger partial charge in [0, 0.05) is 13.1 Å². The summed E-state index contributed by atoms with van der Waals surface area (Å²) >= 11 is 0. The quantitative estimate of drug-likeness (QED) is 0.599. The first-order valence-corrected chi connectivity index (χ1v) is 8.02. The number of aryl methyl sites for hydroxylation is 1. The molecule has 0 saturated carbocycles. The Morgan fingerprint density at radius 1 is 1.04 bits per heavy atom. The Hall–Kier alpha value is -2.37. The van der Waals surface area contributed by atoms with Gasteiger partial charge in [-0.25, -0.2) is 4.79 Å². The van der Waals surface area contributed by atoms with Crippen LogP contribution in [0.2, 0.25) is 0 Å². The topological polar surface area (TPSA) is 81.6 Å². The van der Waals surface area contributed by atoms with Gasteiger partial charge in [-0.2, -0.15) is 0 Å². The second-order valence-corrected chi connectivity index (χ2v) is 5.93. The summed E-state index contributed by atoms with van der Waals surface area (Å²) in [6.45, 7) is 2.97. The van der Waals surface area contributed by atoms with Crippen molar-refractivity contribution in [1.82, 2.24) is 10.6 Å². The second-order valence-electron chi connectivity index (χ2n) is 5.93. The predicted octanol–water partition coefficient (Wildman–Crippen LogP) is 2.32. The molecule has 0 unspecified atom stereocenters. The normalized spacial score (nSPS) is 13.2. The molecule has 128 valence electrons. The van der Waals surface area contributed by atoms with Gasteiger partial charge in [-0.05, 0) is 24.5 Å². The molecule has 4 N–H and O–H groups in total. The Labute approximate surface area is 142 Å². The number of amides is 1. The van der Waals surface area contributed by atoms with E-state index in [1.54, 1.807) is 0 Å². The fourth-order valence-corrected chi connectivity index (χ4v) is 2.52. The van der Waals surface area contributed by atoms with E-state index in [2.05, 4.69) is 10.6 Å². The molecule has 5 nitrogen and oxygen atoms in total. The smallest absolute Gasteiger partial charge is 0.404 e. The van der Waals surface area contributed by atoms with Gasteiger partial charge in [0.05, 0.1) is 12.1 Å². The third-order valence-corrected chi connectivity index (χ3v) is 3.87. The molecule has 0 bridgehead atoms. The van der Waals surface area contributed by atoms with Gasteiger partial charge in [-0.1, -0.05) is 60.2 Å². The van der Waals surface area contributed by atoms with Gasteiger partial charge in [-0.15, -0.1) is 0 Å². The van der Waals surface area contributed by atoms with E-state index in [1.165, 1.54) is 5.56 Å². The minimum Gasteiger partial charge on any atom is -0.465 e. The Morgan fingerprint density at radius 3 is 2.33 bits per heavy atom. The Kier molecular flexibility index (Phi) is 6.78. The number of hydrogen-bond acceptors (Lipinski definition) is 3. The minimum absolute atomic E-state index is 0.311. The van der Waals surface area contributed by atoms with Crippen LogP contribution in [0.1, 0.15) is 16.7 Å². The molecule has 2 rings (SSSR count). The van der Waals surface area contributed by atoms with Gasteiger partial charge in [0.2, 0.25) is 0 Å². The van der Waals surface area contributed by atoms with Crippen LogP contribution in [0.3, 0.4) is 0 Å². The Bertz CT molecular complexity index is 629. The van der Waals surface area contributed by atoms with Crippen LogP contribution in [0, 0.1) is 6.92 Å². The maximum absolute atomic E-state index is 11.0. The molecular formula is C19H24N2O3. The Balaban J connectivity index is 1.88. The van der Waals surface area contributed by atoms with Crippen LogP contribution in [0.25, 0.3) is 0 Å². The molecule has 0 spiro atoms. The monoisotopic (exact) mass is 328 g/mol. The number of hydrogen-bond donors (Lipinski definition) is 4. The first-order valence-electron chi connectivity index (χ1n) is 8.02. The van der Waals surface area contributed by atoms with Crippen LogP contribution in [0.5, 0.6) is 0 Å². The number of carbonyl (C=O) groups is 1. The third kappa shape index (κ3) is 6.02. The summed E-state index contributed by atoms with van der Waals surface area (Å²) in [5.41, 5.74) is 3.31. The molecular weight excluding hydrogens is 304 g/mol. The molecule has 0 aromatic heterocycles. The molecule has 5 heteroatoms. The van der Waals surface area contributed by atoms with Crippen LogP contribution in [-0.4, -0.2) is 35.0 Å². The molecule has 24 heavy (non-hydrogen) atoms. The largest absolute Gasteiger partial charge is 0.465 e. The van der Waals surface area contributed by atoms with Crippen LogP contribution in [0.4, 0.5) is 4.79 Å². The zero-order valence-corrected chi connectivity index (χ0v) is 13.8. The maximum atomic E-state index is 11.0. The van der Waals surface area contributed by atoms with Gasteiger partial charge in [0.1, 0.15) is 0 Å². The maximum Gasteiger partial charge on any atom is 0.404 e. The first-order chi connectivity index (χ1) is 11.5. The number of benzene rings is 2. The van der Waals surface area contributed by atoms with Crippen molar-refractivity contribution in [3.05, 3.63) is 71.3 Å². The van der Waals surface area contributed by atoms with Gasteiger partial charge < -0.3 is 20.8 Å². The molecule has 0 aliphatic heterocycles. The van der Waals surface area contributed by atoms with Crippen LogP contribution in [0.15, 0.2) is 54.6 Å². The summed E-state index contributed by atoms with van der Waals surface area (Å²) in [6, 6.07) is 17.1. The first kappa shape index (κ1) is 18.0. The lowest BCUT2D eigenvalue weighted by Crippen LogP contribution is -2.48. The summed E-state index contributed by atoms with van der Waals surface area (Å²) in [4.78, 5) is 11.0. The van der Waals surface area contributed by atoms with Crippen molar-refractivity contribution in [3.63, 3.8) is 0 Å². The summed E-state index contributed by atoms with van der Waals surface area (Å²) in [7, 11) is 0. The zero-order chi connectivity index (χ0) is 17.4. The second kappa shape index (κ2) is 9.05. The van der Waals surface area contributed by atoms with E-state index in [4.69, 9.17) is 5.11 Å². The lowest BCUT2D eigenvalue weighted by atomic mass is 10.0. The van der Waals surface area contributed by atoms with Crippen molar-refractivity contribution < 1.29 is 15.0 Å². The van der Waals surface area contributed by atoms with Crippen molar-refractivity contribution >= 4 is 6.09 Å². The molecule has 2 aromatic carbocycles. The van der Waals surface area contributed by atoms with E-state index in [9.17, 15) is 9.90 Å². The number of nitrogens with one attached hydrogen (secondary N) is 2. The highest BCUT2D eigenvalue weighted by Gasteiger charge is 2.21. The lowest BCUT2D eigenvalue weighted by molar-refractivity contribution is 0.117. The van der Waals surface area contributed by atoms with E-state index in [0.717, 1.165) is 11.1 Å². The summed E-state index contributed by atoms with van der Waals surface area (Å²) in [6.07, 6.45) is -1.50. The van der Waals surface area contributed by atoms with Gasteiger partial charge in [-0.3, -0.25) is 0 Å². The van der Waals surface area contributed by atoms with Crippen molar-refractivity contribution in [1.29, 1.82) is 0 Å². The summed E-state index contributed by atoms with van der Waals surface area (Å²) in [5.74, 6) is 0. The Morgan fingerprint density at radius 2 is 1.71 bits per heavy atom. The third-order valence-electron chi connectivity index (χ3n) is 3.87. The van der Waals surface area contributed by atoms with Gasteiger partial charge in [0.15, 0.2) is 0 Å². The van der Waals surface area contributed by atoms with Gasteiger partial charge in [0.25, 0.3) is 0 Å². The van der Waals surface area contributed by atoms with Crippen LogP contribution >= 0.6 is 0 Å². The molecule has 2 aromatic rings. The molecule has 0 heterocycles. The molecule has 2 atom stereocenters. The van der Waals surface area contributed by atoms with E-state index >= 15 is 0 Å². The van der Waals surface area contributed by atoms with Crippen LogP contribution < -0.4 is 10.6 Å². The number of aliphatic hydroxyl groups is 1. The number of aliphatic hydroxyl groups excluding tert-OH is 1. The van der Waals surface area contributed by atoms with Crippen molar-refractivity contribution in [3.8, 4) is 0 Å². The molecule has 0 aliphatic carbocycles. The standard InChI is InChI=1S/C19H24N2O3/c1-14-7-9-16(10-8-14)12-20-13-18(22)17(21-19(23)24)11-15-5-3-2-4-6-15/h2-10,17-18,20-22H,11-13H2,1H3,(H,23,24)/t17-,18+/m0/s1. The summed E-state index contributed by atoms with van der Waals surface area (Å²) in [5, 5.41) is 24.9. The van der Waals surface area contributed by atoms with E-state index < -0.39 is 18.2 Å². The SMILES string of the molecule is Cc1ccc(CNC[C@@H](O)[C@H](Cc2ccccc2)NC(=O)O)cc1. The van der Waals surface area contributed by atoms with Crippen molar-refractivity contribution in [2.45, 2.75) is 32.0 Å². The predicted molar refractivity (Wildman–Crippen MR) is 94.0 cm³/mol. The van der Waals surface area contributed by atoms with E-state index in [-0.39, 0.29) is 0 Å². The average Bonchev–Trinajstić information content (AvgIpc) is 2.56. The fraction of sp³-hybridized carbons (Fsp3) is 0.316. The van der Waals surface area contributed by atoms with Gasteiger partial charge >= 0.3 is 6.09 Å². The highest BCUT2D eigenvalue weighted by atomic mass is 16.4. The zero-order valence-electron chi connectivity index (χ0n) is 13.8. The number of carboxylic acid groups (broad SMARTS) is 1. The van der Waals surface area contributed by atoms with E-state index in [1.807, 2.05) is 61.5 Å². The fourth-order valence-electron chi connectivity index (χ4n) is 2.52. The number of rotatable bonds is 8. The minimum atomic E-state index is -1.13. The molecule has 1 amide bonds. The summed E-state index contributed by atoms with van der Waals surface area (Å²) < 4.78 is 0. The highest BCUT2D eigenvalue weighted by Crippen LogP contribution is 2.07. The molecule has 0 fully saturated rings. The molecule has 0 radical (unpaired) electrons. The van der Waals surface area contributed by atoms with Crippen molar-refractivity contribution in [2.24, 2.45) is 0 Å². The molecule has 0 aliphatic rings. The lowest BCUT2D eigenvalue weighted by Gasteiger charge is -2.23. The average molecular weight is 328 g/mol. The van der Waals surface area contributed by atoms with Crippen LogP contribution in [-0.2, 0) is 13.0 Å². The van der Waals surface area contributed by atoms with Crippen molar-refractivity contribution in [2.75, 3.05) is 6.54 Å².